The molecule has 0 unspecified atom stereocenters. The molecule has 0 saturated carbocycles. The molecular formula is C20H19ClN4O. The second kappa shape index (κ2) is 6.25. The fourth-order valence-corrected chi connectivity index (χ4v) is 3.63. The number of aryl methyl sites for hydroxylation is 2. The summed E-state index contributed by atoms with van der Waals surface area (Å²) in [6, 6.07) is 11.4. The molecule has 3 heterocycles. The van der Waals surface area contributed by atoms with E-state index in [2.05, 4.69) is 17.0 Å². The van der Waals surface area contributed by atoms with Gasteiger partial charge in [-0.3, -0.25) is 14.5 Å². The zero-order valence-corrected chi connectivity index (χ0v) is 15.7. The second-order valence-electron chi connectivity index (χ2n) is 6.73. The highest BCUT2D eigenvalue weighted by atomic mass is 35.5. The number of hydrogen-bond donors (Lipinski definition) is 0. The molecule has 0 saturated heterocycles. The van der Waals surface area contributed by atoms with E-state index in [-0.39, 0.29) is 11.9 Å². The average Bonchev–Trinajstić information content (AvgIpc) is 3.04. The van der Waals surface area contributed by atoms with Gasteiger partial charge in [-0.15, -0.1) is 0 Å². The van der Waals surface area contributed by atoms with Crippen LogP contribution in [0.2, 0.25) is 5.02 Å². The molecule has 1 amide bonds. The summed E-state index contributed by atoms with van der Waals surface area (Å²) in [4.78, 5) is 19.5. The zero-order chi connectivity index (χ0) is 18.4. The maximum absolute atomic E-state index is 13.3. The first-order valence-electron chi connectivity index (χ1n) is 8.54. The lowest BCUT2D eigenvalue weighted by atomic mass is 10.0. The largest absolute Gasteiger partial charge is 0.305 e. The van der Waals surface area contributed by atoms with Gasteiger partial charge >= 0.3 is 0 Å². The van der Waals surface area contributed by atoms with E-state index in [1.165, 1.54) is 0 Å². The van der Waals surface area contributed by atoms with Crippen LogP contribution in [0.5, 0.6) is 0 Å². The summed E-state index contributed by atoms with van der Waals surface area (Å²) in [6.07, 6.45) is 1.78. The summed E-state index contributed by atoms with van der Waals surface area (Å²) >= 11 is 5.99. The molecule has 0 spiro atoms. The van der Waals surface area contributed by atoms with Crippen molar-refractivity contribution >= 4 is 23.2 Å². The van der Waals surface area contributed by atoms with E-state index >= 15 is 0 Å². The summed E-state index contributed by atoms with van der Waals surface area (Å²) < 4.78 is 1.83. The van der Waals surface area contributed by atoms with Crippen molar-refractivity contribution in [2.45, 2.75) is 26.8 Å². The molecule has 0 N–H and O–H groups in total. The molecule has 6 heteroatoms. The van der Waals surface area contributed by atoms with Gasteiger partial charge < -0.3 is 4.90 Å². The number of hydrogen-bond acceptors (Lipinski definition) is 3. The predicted molar refractivity (Wildman–Crippen MR) is 103 cm³/mol. The number of halogens is 1. The van der Waals surface area contributed by atoms with E-state index in [1.807, 2.05) is 42.8 Å². The van der Waals surface area contributed by atoms with Crippen LogP contribution in [0.3, 0.4) is 0 Å². The second-order valence-corrected chi connectivity index (χ2v) is 7.17. The molecule has 4 rings (SSSR count). The molecule has 1 aliphatic rings. The first kappa shape index (κ1) is 16.8. The normalized spacial score (nSPS) is 16.7. The predicted octanol–water partition coefficient (Wildman–Crippen LogP) is 4.44. The molecule has 5 nitrogen and oxygen atoms in total. The highest BCUT2D eigenvalue weighted by molar-refractivity contribution is 6.30. The average molecular weight is 367 g/mol. The third-order valence-corrected chi connectivity index (χ3v) is 4.89. The molecule has 132 valence electrons. The standard InChI is InChI=1S/C20H19ClN4O/c1-12-8-15(9-13(2)23-12)18-10-22-25-14(3)11-24(20(26)19(18)25)17-6-4-16(21)5-7-17/h4-10,14H,11H2,1-3H3/t14-/m0/s1. The maximum atomic E-state index is 13.3. The van der Waals surface area contributed by atoms with Gasteiger partial charge in [0, 0.05) is 34.2 Å². The van der Waals surface area contributed by atoms with E-state index in [0.717, 1.165) is 28.2 Å². The fraction of sp³-hybridized carbons (Fsp3) is 0.250. The van der Waals surface area contributed by atoms with Gasteiger partial charge in [0.25, 0.3) is 5.91 Å². The van der Waals surface area contributed by atoms with Crippen molar-refractivity contribution in [3.8, 4) is 11.1 Å². The van der Waals surface area contributed by atoms with E-state index in [9.17, 15) is 4.79 Å². The summed E-state index contributed by atoms with van der Waals surface area (Å²) in [6.45, 7) is 6.55. The number of amides is 1. The van der Waals surface area contributed by atoms with Crippen LogP contribution < -0.4 is 4.90 Å². The quantitative estimate of drug-likeness (QED) is 0.673. The molecule has 1 aliphatic heterocycles. The third-order valence-electron chi connectivity index (χ3n) is 4.64. The van der Waals surface area contributed by atoms with Crippen LogP contribution in [0.25, 0.3) is 11.1 Å². The van der Waals surface area contributed by atoms with E-state index in [0.29, 0.717) is 17.3 Å². The molecule has 26 heavy (non-hydrogen) atoms. The van der Waals surface area contributed by atoms with Crippen molar-refractivity contribution in [1.29, 1.82) is 0 Å². The van der Waals surface area contributed by atoms with E-state index < -0.39 is 0 Å². The minimum absolute atomic E-state index is 0.0509. The summed E-state index contributed by atoms with van der Waals surface area (Å²) in [5.41, 5.74) is 5.11. The number of nitrogens with zero attached hydrogens (tertiary/aromatic N) is 4. The lowest BCUT2D eigenvalue weighted by molar-refractivity contribution is 0.0954. The number of fused-ring (bicyclic) bond motifs is 1. The van der Waals surface area contributed by atoms with Gasteiger partial charge in [0.2, 0.25) is 0 Å². The highest BCUT2D eigenvalue weighted by Crippen LogP contribution is 2.33. The molecule has 2 aromatic heterocycles. The van der Waals surface area contributed by atoms with Gasteiger partial charge in [0.05, 0.1) is 12.2 Å². The number of pyridine rings is 1. The Balaban J connectivity index is 1.82. The van der Waals surface area contributed by atoms with Crippen LogP contribution in [0.4, 0.5) is 5.69 Å². The Labute approximate surface area is 157 Å². The number of benzene rings is 1. The molecular weight excluding hydrogens is 348 g/mol. The van der Waals surface area contributed by atoms with Crippen LogP contribution in [0.15, 0.2) is 42.6 Å². The molecule has 1 aromatic carbocycles. The molecule has 0 radical (unpaired) electrons. The van der Waals surface area contributed by atoms with Crippen molar-refractivity contribution in [3.63, 3.8) is 0 Å². The fourth-order valence-electron chi connectivity index (χ4n) is 3.51. The maximum Gasteiger partial charge on any atom is 0.277 e. The van der Waals surface area contributed by atoms with Crippen molar-refractivity contribution < 1.29 is 4.79 Å². The number of rotatable bonds is 2. The van der Waals surface area contributed by atoms with Crippen LogP contribution in [-0.4, -0.2) is 27.2 Å². The minimum Gasteiger partial charge on any atom is -0.305 e. The third kappa shape index (κ3) is 2.78. The van der Waals surface area contributed by atoms with Gasteiger partial charge in [-0.25, -0.2) is 0 Å². The Morgan fingerprint density at radius 1 is 1.12 bits per heavy atom. The van der Waals surface area contributed by atoms with Crippen LogP contribution in [0, 0.1) is 13.8 Å². The number of carbonyl (C=O) groups excluding carboxylic acids is 1. The van der Waals surface area contributed by atoms with Crippen molar-refractivity contribution in [2.24, 2.45) is 0 Å². The summed E-state index contributed by atoms with van der Waals surface area (Å²) in [5, 5.41) is 5.15. The first-order chi connectivity index (χ1) is 12.4. The highest BCUT2D eigenvalue weighted by Gasteiger charge is 2.33. The van der Waals surface area contributed by atoms with E-state index in [1.54, 1.807) is 23.2 Å². The lowest BCUT2D eigenvalue weighted by Crippen LogP contribution is -2.42. The van der Waals surface area contributed by atoms with Crippen molar-refractivity contribution in [2.75, 3.05) is 11.4 Å². The molecule has 3 aromatic rings. The number of anilines is 1. The van der Waals surface area contributed by atoms with Crippen molar-refractivity contribution in [1.82, 2.24) is 14.8 Å². The lowest BCUT2D eigenvalue weighted by Gasteiger charge is -2.32. The summed E-state index contributed by atoms with van der Waals surface area (Å²) in [5.74, 6) is -0.0509. The van der Waals surface area contributed by atoms with E-state index in [4.69, 9.17) is 11.6 Å². The van der Waals surface area contributed by atoms with Gasteiger partial charge in [-0.05, 0) is 62.7 Å². The Morgan fingerprint density at radius 3 is 2.42 bits per heavy atom. The molecule has 0 aliphatic carbocycles. The van der Waals surface area contributed by atoms with Crippen LogP contribution >= 0.6 is 11.6 Å². The van der Waals surface area contributed by atoms with Crippen LogP contribution in [-0.2, 0) is 0 Å². The Kier molecular flexibility index (Phi) is 4.04. The molecule has 1 atom stereocenters. The molecule has 0 bridgehead atoms. The monoisotopic (exact) mass is 366 g/mol. The number of carbonyl (C=O) groups is 1. The van der Waals surface area contributed by atoms with Gasteiger partial charge in [0.15, 0.2) is 0 Å². The van der Waals surface area contributed by atoms with Crippen molar-refractivity contribution in [3.05, 3.63) is 64.7 Å². The topological polar surface area (TPSA) is 51.0 Å². The zero-order valence-electron chi connectivity index (χ0n) is 14.9. The van der Waals surface area contributed by atoms with Gasteiger partial charge in [-0.1, -0.05) is 11.6 Å². The summed E-state index contributed by atoms with van der Waals surface area (Å²) in [7, 11) is 0. The Morgan fingerprint density at radius 2 is 1.77 bits per heavy atom. The SMILES string of the molecule is Cc1cc(-c2cnn3c2C(=O)N(c2ccc(Cl)cc2)C[C@@H]3C)cc(C)n1. The molecule has 0 fully saturated rings. The minimum atomic E-state index is -0.0509. The first-order valence-corrected chi connectivity index (χ1v) is 8.92. The van der Waals surface area contributed by atoms with Gasteiger partial charge in [0.1, 0.15) is 5.69 Å². The van der Waals surface area contributed by atoms with Crippen LogP contribution in [0.1, 0.15) is 34.8 Å². The Hall–Kier alpha value is -2.66. The van der Waals surface area contributed by atoms with Gasteiger partial charge in [-0.2, -0.15) is 5.10 Å². The Bertz CT molecular complexity index is 973. The number of aromatic nitrogens is 3. The smallest absolute Gasteiger partial charge is 0.277 e.